The van der Waals surface area contributed by atoms with E-state index in [1.807, 2.05) is 0 Å². The summed E-state index contributed by atoms with van der Waals surface area (Å²) in [6.45, 7) is 1.99. The average Bonchev–Trinajstić information content (AvgIpc) is 1.87. The van der Waals surface area contributed by atoms with E-state index in [4.69, 9.17) is 11.5 Å². The van der Waals surface area contributed by atoms with Crippen molar-refractivity contribution in [1.29, 1.82) is 0 Å². The molecular formula is C6H14N2O2. The Morgan fingerprint density at radius 1 is 1.70 bits per heavy atom. The van der Waals surface area contributed by atoms with Crippen LogP contribution in [0.1, 0.15) is 13.3 Å². The maximum absolute atomic E-state index is 10.6. The molecule has 4 nitrogen and oxygen atoms in total. The first-order chi connectivity index (χ1) is 4.52. The van der Waals surface area contributed by atoms with E-state index in [0.29, 0.717) is 0 Å². The first kappa shape index (κ1) is 9.39. The zero-order valence-corrected chi connectivity index (χ0v) is 6.39. The van der Waals surface area contributed by atoms with Crippen LogP contribution in [0.25, 0.3) is 0 Å². The number of carbonyl (C=O) groups is 1. The van der Waals surface area contributed by atoms with Gasteiger partial charge in [-0.1, -0.05) is 0 Å². The van der Waals surface area contributed by atoms with Gasteiger partial charge in [-0.3, -0.25) is 4.79 Å². The van der Waals surface area contributed by atoms with Gasteiger partial charge in [-0.15, -0.1) is 0 Å². The molecule has 0 aromatic rings. The number of methoxy groups -OCH3 is 1. The molecule has 0 saturated carbocycles. The van der Waals surface area contributed by atoms with Crippen LogP contribution in [0.3, 0.4) is 0 Å². The van der Waals surface area contributed by atoms with Crippen LogP contribution in [0.2, 0.25) is 0 Å². The fourth-order valence-corrected chi connectivity index (χ4v) is 0.474. The van der Waals surface area contributed by atoms with Gasteiger partial charge >= 0.3 is 5.97 Å². The Hall–Kier alpha value is -0.610. The molecule has 0 aromatic carbocycles. The van der Waals surface area contributed by atoms with E-state index in [9.17, 15) is 4.79 Å². The minimum atomic E-state index is -0.632. The zero-order valence-electron chi connectivity index (χ0n) is 6.39. The standard InChI is InChI=1S/C6H14N2O2/c1-6(8,4-7)3-5(9)10-2/h3-4,7-8H2,1-2H3. The van der Waals surface area contributed by atoms with Gasteiger partial charge < -0.3 is 16.2 Å². The van der Waals surface area contributed by atoms with E-state index in [0.717, 1.165) is 0 Å². The van der Waals surface area contributed by atoms with Crippen LogP contribution >= 0.6 is 0 Å². The number of hydrogen-bond donors (Lipinski definition) is 2. The molecule has 0 aliphatic heterocycles. The normalized spacial score (nSPS) is 16.0. The van der Waals surface area contributed by atoms with Crippen LogP contribution in [-0.4, -0.2) is 25.2 Å². The summed E-state index contributed by atoms with van der Waals surface area (Å²) in [4.78, 5) is 10.6. The summed E-state index contributed by atoms with van der Waals surface area (Å²) >= 11 is 0. The highest BCUT2D eigenvalue weighted by Gasteiger charge is 2.20. The van der Waals surface area contributed by atoms with Crippen molar-refractivity contribution in [2.75, 3.05) is 13.7 Å². The summed E-state index contributed by atoms with van der Waals surface area (Å²) in [5, 5.41) is 0. The van der Waals surface area contributed by atoms with Gasteiger partial charge in [0.15, 0.2) is 0 Å². The smallest absolute Gasteiger partial charge is 0.307 e. The summed E-state index contributed by atoms with van der Waals surface area (Å²) in [5.74, 6) is -0.324. The Labute approximate surface area is 60.5 Å². The Kier molecular flexibility index (Phi) is 3.32. The minimum absolute atomic E-state index is 0.167. The molecule has 10 heavy (non-hydrogen) atoms. The average molecular weight is 146 g/mol. The van der Waals surface area contributed by atoms with Crippen LogP contribution in [-0.2, 0) is 9.53 Å². The lowest BCUT2D eigenvalue weighted by Gasteiger charge is -2.19. The molecule has 4 N–H and O–H groups in total. The van der Waals surface area contributed by atoms with Crippen molar-refractivity contribution in [3.8, 4) is 0 Å². The maximum atomic E-state index is 10.6. The molecule has 0 aromatic heterocycles. The van der Waals surface area contributed by atoms with Gasteiger partial charge in [0.1, 0.15) is 0 Å². The van der Waals surface area contributed by atoms with Gasteiger partial charge in [-0.2, -0.15) is 0 Å². The molecule has 0 heterocycles. The van der Waals surface area contributed by atoms with Crippen molar-refractivity contribution in [2.24, 2.45) is 11.5 Å². The van der Waals surface area contributed by atoms with Crippen molar-refractivity contribution in [2.45, 2.75) is 18.9 Å². The Morgan fingerprint density at radius 2 is 2.20 bits per heavy atom. The van der Waals surface area contributed by atoms with Gasteiger partial charge in [-0.05, 0) is 6.92 Å². The molecule has 0 fully saturated rings. The van der Waals surface area contributed by atoms with E-state index in [1.54, 1.807) is 6.92 Å². The molecule has 0 rings (SSSR count). The number of nitrogens with two attached hydrogens (primary N) is 2. The van der Waals surface area contributed by atoms with Gasteiger partial charge in [0.25, 0.3) is 0 Å². The molecule has 1 unspecified atom stereocenters. The lowest BCUT2D eigenvalue weighted by Crippen LogP contribution is -2.45. The topological polar surface area (TPSA) is 78.3 Å². The summed E-state index contributed by atoms with van der Waals surface area (Å²) < 4.78 is 4.41. The van der Waals surface area contributed by atoms with Crippen LogP contribution in [0.4, 0.5) is 0 Å². The Bertz CT molecular complexity index is 123. The molecule has 0 amide bonds. The lowest BCUT2D eigenvalue weighted by molar-refractivity contribution is -0.141. The molecule has 0 aliphatic rings. The second-order valence-electron chi connectivity index (χ2n) is 2.61. The van der Waals surface area contributed by atoms with Crippen LogP contribution in [0.5, 0.6) is 0 Å². The second kappa shape index (κ2) is 3.53. The summed E-state index contributed by atoms with van der Waals surface area (Å²) in [6, 6.07) is 0. The van der Waals surface area contributed by atoms with E-state index in [-0.39, 0.29) is 18.9 Å². The first-order valence-corrected chi connectivity index (χ1v) is 3.07. The van der Waals surface area contributed by atoms with Crippen molar-refractivity contribution in [1.82, 2.24) is 0 Å². The van der Waals surface area contributed by atoms with Crippen LogP contribution < -0.4 is 11.5 Å². The first-order valence-electron chi connectivity index (χ1n) is 3.07. The predicted octanol–water partition coefficient (Wildman–Crippen LogP) is -0.774. The highest BCUT2D eigenvalue weighted by molar-refractivity contribution is 5.70. The van der Waals surface area contributed by atoms with Gasteiger partial charge in [0, 0.05) is 12.1 Å². The maximum Gasteiger partial charge on any atom is 0.307 e. The number of ether oxygens (including phenoxy) is 1. The molecule has 0 aliphatic carbocycles. The molecule has 0 bridgehead atoms. The van der Waals surface area contributed by atoms with Crippen molar-refractivity contribution >= 4 is 5.97 Å². The van der Waals surface area contributed by atoms with E-state index in [1.165, 1.54) is 7.11 Å². The predicted molar refractivity (Wildman–Crippen MR) is 38.3 cm³/mol. The Balaban J connectivity index is 3.76. The van der Waals surface area contributed by atoms with E-state index < -0.39 is 5.54 Å². The van der Waals surface area contributed by atoms with Crippen LogP contribution in [0, 0.1) is 0 Å². The third kappa shape index (κ3) is 3.42. The van der Waals surface area contributed by atoms with E-state index in [2.05, 4.69) is 4.74 Å². The fraction of sp³-hybridized carbons (Fsp3) is 0.833. The fourth-order valence-electron chi connectivity index (χ4n) is 0.474. The van der Waals surface area contributed by atoms with Crippen molar-refractivity contribution in [3.63, 3.8) is 0 Å². The minimum Gasteiger partial charge on any atom is -0.469 e. The summed E-state index contributed by atoms with van der Waals surface area (Å²) in [6.07, 6.45) is 0.167. The number of hydrogen-bond acceptors (Lipinski definition) is 4. The van der Waals surface area contributed by atoms with Crippen LogP contribution in [0.15, 0.2) is 0 Å². The largest absolute Gasteiger partial charge is 0.469 e. The monoisotopic (exact) mass is 146 g/mol. The van der Waals surface area contributed by atoms with E-state index >= 15 is 0 Å². The second-order valence-corrected chi connectivity index (χ2v) is 2.61. The Morgan fingerprint density at radius 3 is 2.50 bits per heavy atom. The number of carbonyl (C=O) groups excluding carboxylic acids is 1. The lowest BCUT2D eigenvalue weighted by atomic mass is 10.0. The highest BCUT2D eigenvalue weighted by atomic mass is 16.5. The number of esters is 1. The quantitative estimate of drug-likeness (QED) is 0.512. The molecule has 60 valence electrons. The molecular weight excluding hydrogens is 132 g/mol. The molecule has 0 radical (unpaired) electrons. The van der Waals surface area contributed by atoms with Gasteiger partial charge in [0.2, 0.25) is 0 Å². The third-order valence-corrected chi connectivity index (χ3v) is 1.24. The van der Waals surface area contributed by atoms with Crippen molar-refractivity contribution < 1.29 is 9.53 Å². The summed E-state index contributed by atoms with van der Waals surface area (Å²) in [5.41, 5.74) is 10.2. The van der Waals surface area contributed by atoms with Gasteiger partial charge in [0.05, 0.1) is 13.5 Å². The molecule has 1 atom stereocenters. The number of rotatable bonds is 3. The SMILES string of the molecule is COC(=O)CC(C)(N)CN. The zero-order chi connectivity index (χ0) is 8.20. The molecule has 0 spiro atoms. The third-order valence-electron chi connectivity index (χ3n) is 1.24. The summed E-state index contributed by atoms with van der Waals surface area (Å²) in [7, 11) is 1.33. The molecule has 4 heteroatoms. The molecule has 0 saturated heterocycles. The highest BCUT2D eigenvalue weighted by Crippen LogP contribution is 2.03. The van der Waals surface area contributed by atoms with Crippen molar-refractivity contribution in [3.05, 3.63) is 0 Å². The van der Waals surface area contributed by atoms with Gasteiger partial charge in [-0.25, -0.2) is 0 Å².